The highest BCUT2D eigenvalue weighted by atomic mass is 32.1. The van der Waals surface area contributed by atoms with E-state index >= 15 is 0 Å². The number of esters is 1. The quantitative estimate of drug-likeness (QED) is 0.681. The molecule has 0 spiro atoms. The van der Waals surface area contributed by atoms with Crippen molar-refractivity contribution in [1.29, 1.82) is 0 Å². The van der Waals surface area contributed by atoms with Crippen LogP contribution in [0.25, 0.3) is 16.2 Å². The first-order valence-corrected chi connectivity index (χ1v) is 8.20. The number of benzene rings is 1. The molecular formula is C17H18N2O2S. The Morgan fingerprint density at radius 3 is 2.59 bits per heavy atom. The summed E-state index contributed by atoms with van der Waals surface area (Å²) in [5, 5.41) is 0. The third-order valence-corrected chi connectivity index (χ3v) is 4.81. The zero-order valence-electron chi connectivity index (χ0n) is 12.9. The molecule has 0 fully saturated rings. The molecule has 0 bridgehead atoms. The lowest BCUT2D eigenvalue weighted by atomic mass is 10.1. The maximum absolute atomic E-state index is 11.9. The first-order valence-electron chi connectivity index (χ1n) is 7.39. The van der Waals surface area contributed by atoms with Crippen molar-refractivity contribution in [1.82, 2.24) is 9.38 Å². The van der Waals surface area contributed by atoms with Crippen molar-refractivity contribution in [3.05, 3.63) is 46.6 Å². The molecule has 0 aliphatic heterocycles. The normalized spacial score (nSPS) is 11.0. The van der Waals surface area contributed by atoms with Crippen LogP contribution in [0.3, 0.4) is 0 Å². The van der Waals surface area contributed by atoms with E-state index in [0.29, 0.717) is 11.5 Å². The minimum Gasteiger partial charge on any atom is -0.462 e. The summed E-state index contributed by atoms with van der Waals surface area (Å²) in [6, 6.07) is 8.43. The lowest BCUT2D eigenvalue weighted by molar-refractivity contribution is 0.0531. The molecule has 0 amide bonds. The Balaban J connectivity index is 1.98. The van der Waals surface area contributed by atoms with Crippen LogP contribution in [0.15, 0.2) is 30.5 Å². The van der Waals surface area contributed by atoms with E-state index in [4.69, 9.17) is 4.74 Å². The van der Waals surface area contributed by atoms with Gasteiger partial charge in [0.25, 0.3) is 0 Å². The average molecular weight is 314 g/mol. The van der Waals surface area contributed by atoms with Crippen LogP contribution in [0.4, 0.5) is 0 Å². The Hall–Kier alpha value is -2.14. The van der Waals surface area contributed by atoms with Crippen molar-refractivity contribution in [2.75, 3.05) is 6.61 Å². The van der Waals surface area contributed by atoms with Crippen LogP contribution in [-0.2, 0) is 11.2 Å². The minimum absolute atomic E-state index is 0.274. The van der Waals surface area contributed by atoms with Crippen molar-refractivity contribution in [2.24, 2.45) is 0 Å². The molecule has 2 aromatic heterocycles. The van der Waals surface area contributed by atoms with E-state index in [2.05, 4.69) is 36.2 Å². The second kappa shape index (κ2) is 5.93. The van der Waals surface area contributed by atoms with Crippen molar-refractivity contribution in [3.8, 4) is 11.3 Å². The molecular weight excluding hydrogens is 296 g/mol. The van der Waals surface area contributed by atoms with E-state index in [9.17, 15) is 4.79 Å². The fourth-order valence-corrected chi connectivity index (χ4v) is 3.39. The third-order valence-electron chi connectivity index (χ3n) is 3.68. The van der Waals surface area contributed by atoms with E-state index in [1.807, 2.05) is 24.4 Å². The molecule has 2 heterocycles. The summed E-state index contributed by atoms with van der Waals surface area (Å²) in [6.45, 7) is 6.25. The summed E-state index contributed by atoms with van der Waals surface area (Å²) < 4.78 is 7.04. The third kappa shape index (κ3) is 2.52. The summed E-state index contributed by atoms with van der Waals surface area (Å²) in [5.41, 5.74) is 4.20. The highest BCUT2D eigenvalue weighted by molar-refractivity contribution is 7.19. The Kier molecular flexibility index (Phi) is 3.98. The molecule has 22 heavy (non-hydrogen) atoms. The fourth-order valence-electron chi connectivity index (χ4n) is 2.39. The monoisotopic (exact) mass is 314 g/mol. The number of thiazole rings is 1. The zero-order valence-corrected chi connectivity index (χ0v) is 13.7. The van der Waals surface area contributed by atoms with E-state index in [1.54, 1.807) is 0 Å². The smallest absolute Gasteiger partial charge is 0.350 e. The van der Waals surface area contributed by atoms with Crippen LogP contribution in [0.1, 0.15) is 34.8 Å². The molecule has 0 N–H and O–H groups in total. The van der Waals surface area contributed by atoms with Gasteiger partial charge in [-0.05, 0) is 25.8 Å². The molecule has 5 heteroatoms. The Morgan fingerprint density at radius 2 is 2.00 bits per heavy atom. The van der Waals surface area contributed by atoms with Gasteiger partial charge in [-0.25, -0.2) is 9.78 Å². The van der Waals surface area contributed by atoms with E-state index in [0.717, 1.165) is 28.3 Å². The second-order valence-electron chi connectivity index (χ2n) is 5.07. The molecule has 0 radical (unpaired) electrons. The van der Waals surface area contributed by atoms with Crippen LogP contribution in [-0.4, -0.2) is 22.0 Å². The van der Waals surface area contributed by atoms with Gasteiger partial charge in [-0.2, -0.15) is 0 Å². The van der Waals surface area contributed by atoms with Gasteiger partial charge in [0.2, 0.25) is 0 Å². The second-order valence-corrected chi connectivity index (χ2v) is 6.04. The summed E-state index contributed by atoms with van der Waals surface area (Å²) in [4.78, 5) is 18.0. The number of aromatic nitrogens is 2. The highest BCUT2D eigenvalue weighted by Crippen LogP contribution is 2.27. The van der Waals surface area contributed by atoms with Crippen molar-refractivity contribution in [3.63, 3.8) is 0 Å². The molecule has 1 aromatic carbocycles. The van der Waals surface area contributed by atoms with E-state index < -0.39 is 0 Å². The molecule has 3 aromatic rings. The van der Waals surface area contributed by atoms with Crippen molar-refractivity contribution >= 4 is 22.3 Å². The van der Waals surface area contributed by atoms with Crippen LogP contribution < -0.4 is 0 Å². The first-order chi connectivity index (χ1) is 10.6. The fraction of sp³-hybridized carbons (Fsp3) is 0.294. The predicted octanol–water partition coefficient (Wildman–Crippen LogP) is 4.11. The molecule has 0 saturated carbocycles. The number of hydrogen-bond donors (Lipinski definition) is 0. The van der Waals surface area contributed by atoms with Gasteiger partial charge in [0.05, 0.1) is 12.3 Å². The molecule has 3 rings (SSSR count). The van der Waals surface area contributed by atoms with Gasteiger partial charge in [0, 0.05) is 17.5 Å². The lowest BCUT2D eigenvalue weighted by Gasteiger charge is -2.00. The van der Waals surface area contributed by atoms with Gasteiger partial charge in [-0.15, -0.1) is 0 Å². The van der Waals surface area contributed by atoms with E-state index in [1.165, 1.54) is 16.9 Å². The number of fused-ring (bicyclic) bond motifs is 1. The maximum Gasteiger partial charge on any atom is 0.350 e. The summed E-state index contributed by atoms with van der Waals surface area (Å²) >= 11 is 1.37. The first kappa shape index (κ1) is 14.8. The van der Waals surface area contributed by atoms with Gasteiger partial charge in [-0.1, -0.05) is 42.5 Å². The number of carbonyl (C=O) groups is 1. The maximum atomic E-state index is 11.9. The largest absolute Gasteiger partial charge is 0.462 e. The summed E-state index contributed by atoms with van der Waals surface area (Å²) in [5.74, 6) is -0.274. The Labute approximate surface area is 133 Å². The number of carbonyl (C=O) groups excluding carboxylic acids is 1. The predicted molar refractivity (Wildman–Crippen MR) is 88.6 cm³/mol. The van der Waals surface area contributed by atoms with Crippen LogP contribution >= 0.6 is 11.3 Å². The van der Waals surface area contributed by atoms with Crippen LogP contribution in [0.5, 0.6) is 0 Å². The van der Waals surface area contributed by atoms with Gasteiger partial charge < -0.3 is 4.74 Å². The van der Waals surface area contributed by atoms with Gasteiger partial charge in [-0.3, -0.25) is 4.40 Å². The Morgan fingerprint density at radius 1 is 1.27 bits per heavy atom. The molecule has 0 saturated heterocycles. The van der Waals surface area contributed by atoms with E-state index in [-0.39, 0.29) is 5.97 Å². The van der Waals surface area contributed by atoms with Gasteiger partial charge in [0.15, 0.2) is 4.96 Å². The lowest BCUT2D eigenvalue weighted by Crippen LogP contribution is -2.04. The van der Waals surface area contributed by atoms with Crippen LogP contribution in [0.2, 0.25) is 0 Å². The molecule has 114 valence electrons. The number of aryl methyl sites for hydroxylation is 2. The summed E-state index contributed by atoms with van der Waals surface area (Å²) in [7, 11) is 0. The average Bonchev–Trinajstić information content (AvgIpc) is 3.08. The topological polar surface area (TPSA) is 43.6 Å². The minimum atomic E-state index is -0.274. The molecule has 4 nitrogen and oxygen atoms in total. The Bertz CT molecular complexity index is 815. The molecule has 0 aliphatic rings. The summed E-state index contributed by atoms with van der Waals surface area (Å²) in [6.07, 6.45) is 3.01. The number of rotatable bonds is 4. The van der Waals surface area contributed by atoms with Crippen LogP contribution in [0, 0.1) is 6.92 Å². The standard InChI is InChI=1S/C17H18N2O2S/c1-4-12-6-8-13(9-7-12)14-10-19-11(3)15(16(20)21-5-2)22-17(19)18-14/h6-10H,4-5H2,1-3H3. The van der Waals surface area contributed by atoms with Gasteiger partial charge in [0.1, 0.15) is 4.88 Å². The molecule has 0 unspecified atom stereocenters. The number of nitrogens with zero attached hydrogens (tertiary/aromatic N) is 2. The highest BCUT2D eigenvalue weighted by Gasteiger charge is 2.18. The number of hydrogen-bond acceptors (Lipinski definition) is 4. The van der Waals surface area contributed by atoms with Crippen molar-refractivity contribution in [2.45, 2.75) is 27.2 Å². The molecule has 0 atom stereocenters. The SMILES string of the molecule is CCOC(=O)c1sc2nc(-c3ccc(CC)cc3)cn2c1C. The molecule has 0 aliphatic carbocycles. The van der Waals surface area contributed by atoms with Crippen molar-refractivity contribution < 1.29 is 9.53 Å². The number of ether oxygens (including phenoxy) is 1. The zero-order chi connectivity index (χ0) is 15.7. The number of imidazole rings is 1. The van der Waals surface area contributed by atoms with Gasteiger partial charge >= 0.3 is 5.97 Å².